The Kier molecular flexibility index (Phi) is 4.59. The predicted octanol–water partition coefficient (Wildman–Crippen LogP) is 10.5. The lowest BCUT2D eigenvalue weighted by Crippen LogP contribution is -2.54. The van der Waals surface area contributed by atoms with E-state index in [2.05, 4.69) is 122 Å². The summed E-state index contributed by atoms with van der Waals surface area (Å²) in [6.45, 7) is 5.01. The molecule has 2 nitrogen and oxygen atoms in total. The van der Waals surface area contributed by atoms with Gasteiger partial charge in [-0.1, -0.05) is 105 Å². The minimum absolute atomic E-state index is 0.0357. The maximum Gasteiger partial charge on any atom is 0.141 e. The lowest BCUT2D eigenvalue weighted by atomic mass is 9.61. The van der Waals surface area contributed by atoms with Gasteiger partial charge < -0.3 is 4.90 Å². The molecule has 2 unspecified atom stereocenters. The van der Waals surface area contributed by atoms with Crippen molar-refractivity contribution < 1.29 is 0 Å². The van der Waals surface area contributed by atoms with Gasteiger partial charge in [0.1, 0.15) is 5.82 Å². The van der Waals surface area contributed by atoms with Gasteiger partial charge in [0.15, 0.2) is 0 Å². The van der Waals surface area contributed by atoms with Gasteiger partial charge in [-0.3, -0.25) is 0 Å². The maximum atomic E-state index is 5.05. The van der Waals surface area contributed by atoms with Gasteiger partial charge in [0, 0.05) is 22.7 Å². The van der Waals surface area contributed by atoms with Crippen LogP contribution in [0, 0.1) is 0 Å². The van der Waals surface area contributed by atoms with Crippen LogP contribution in [-0.4, -0.2) is 10.5 Å². The van der Waals surface area contributed by atoms with E-state index in [1.807, 2.05) is 6.20 Å². The summed E-state index contributed by atoms with van der Waals surface area (Å²) in [6.07, 6.45) is 6.86. The molecular formula is C39H32N2. The average Bonchev–Trinajstić information content (AvgIpc) is 3.22. The van der Waals surface area contributed by atoms with Gasteiger partial charge in [0.2, 0.25) is 0 Å². The summed E-state index contributed by atoms with van der Waals surface area (Å²) in [4.78, 5) is 7.66. The molecular weight excluding hydrogens is 496 g/mol. The van der Waals surface area contributed by atoms with Crippen molar-refractivity contribution in [3.8, 4) is 11.1 Å². The number of nitrogens with zero attached hydrogens (tertiary/aromatic N) is 2. The van der Waals surface area contributed by atoms with E-state index < -0.39 is 0 Å². The van der Waals surface area contributed by atoms with E-state index in [0.29, 0.717) is 0 Å². The van der Waals surface area contributed by atoms with Crippen LogP contribution < -0.4 is 4.90 Å². The molecule has 0 N–H and O–H groups in total. The van der Waals surface area contributed by atoms with E-state index in [-0.39, 0.29) is 11.0 Å². The van der Waals surface area contributed by atoms with Crippen LogP contribution in [0.15, 0.2) is 109 Å². The molecule has 1 saturated carbocycles. The molecule has 0 radical (unpaired) electrons. The molecule has 2 aliphatic rings. The molecule has 1 aliphatic carbocycles. The number of rotatable bonds is 2. The summed E-state index contributed by atoms with van der Waals surface area (Å²) in [5.41, 5.74) is 5.43. The second-order valence-electron chi connectivity index (χ2n) is 12.7. The molecule has 1 fully saturated rings. The van der Waals surface area contributed by atoms with Crippen LogP contribution >= 0.6 is 0 Å². The highest BCUT2D eigenvalue weighted by atomic mass is 15.3. The van der Waals surface area contributed by atoms with E-state index >= 15 is 0 Å². The van der Waals surface area contributed by atoms with Crippen molar-refractivity contribution in [2.45, 2.75) is 50.5 Å². The zero-order valence-electron chi connectivity index (χ0n) is 23.6. The lowest BCUT2D eigenvalue weighted by Gasteiger charge is -2.50. The largest absolute Gasteiger partial charge is 0.319 e. The van der Waals surface area contributed by atoms with Gasteiger partial charge in [-0.15, -0.1) is 0 Å². The molecule has 0 amide bonds. The smallest absolute Gasteiger partial charge is 0.141 e. The van der Waals surface area contributed by atoms with Crippen molar-refractivity contribution in [3.05, 3.63) is 115 Å². The Morgan fingerprint density at radius 3 is 2.24 bits per heavy atom. The fourth-order valence-corrected chi connectivity index (χ4v) is 8.50. The van der Waals surface area contributed by atoms with Gasteiger partial charge in [0.25, 0.3) is 0 Å². The maximum absolute atomic E-state index is 5.05. The van der Waals surface area contributed by atoms with Crippen LogP contribution in [0.3, 0.4) is 0 Å². The molecule has 1 aliphatic heterocycles. The zero-order chi connectivity index (χ0) is 27.3. The SMILES string of the molecule is CC12CCCCC1(C)N(c1nccc3ccccc13)c1ccc(-c3ccc4ccc5cccc6ccc3c4c56)cc12. The second-order valence-corrected chi connectivity index (χ2v) is 12.7. The topological polar surface area (TPSA) is 16.1 Å². The third-order valence-corrected chi connectivity index (χ3v) is 10.8. The summed E-state index contributed by atoms with van der Waals surface area (Å²) in [5.74, 6) is 1.09. The molecule has 2 atom stereocenters. The zero-order valence-corrected chi connectivity index (χ0v) is 23.6. The monoisotopic (exact) mass is 528 g/mol. The number of hydrogen-bond donors (Lipinski definition) is 0. The van der Waals surface area contributed by atoms with Crippen LogP contribution in [0.4, 0.5) is 11.5 Å². The Bertz CT molecular complexity index is 2140. The van der Waals surface area contributed by atoms with Crippen LogP contribution in [0.5, 0.6) is 0 Å². The molecule has 6 aromatic carbocycles. The predicted molar refractivity (Wildman–Crippen MR) is 174 cm³/mol. The Labute approximate surface area is 240 Å². The number of pyridine rings is 1. The van der Waals surface area contributed by atoms with E-state index in [9.17, 15) is 0 Å². The molecule has 41 heavy (non-hydrogen) atoms. The van der Waals surface area contributed by atoms with Gasteiger partial charge >= 0.3 is 0 Å². The number of aromatic nitrogens is 1. The van der Waals surface area contributed by atoms with E-state index in [1.54, 1.807) is 0 Å². The second kappa shape index (κ2) is 8.07. The van der Waals surface area contributed by atoms with E-state index in [0.717, 1.165) is 12.2 Å². The first-order valence-electron chi connectivity index (χ1n) is 15.0. The average molecular weight is 529 g/mol. The molecule has 7 aromatic rings. The molecule has 2 heterocycles. The molecule has 0 spiro atoms. The molecule has 2 heteroatoms. The molecule has 0 bridgehead atoms. The van der Waals surface area contributed by atoms with Crippen molar-refractivity contribution in [1.29, 1.82) is 0 Å². The third kappa shape index (κ3) is 2.95. The Balaban J connectivity index is 1.30. The van der Waals surface area contributed by atoms with Crippen molar-refractivity contribution in [1.82, 2.24) is 4.98 Å². The number of anilines is 2. The van der Waals surface area contributed by atoms with Gasteiger partial charge in [-0.25, -0.2) is 4.98 Å². The third-order valence-electron chi connectivity index (χ3n) is 10.8. The van der Waals surface area contributed by atoms with Crippen molar-refractivity contribution in [2.75, 3.05) is 4.90 Å². The van der Waals surface area contributed by atoms with Gasteiger partial charge in [-0.2, -0.15) is 0 Å². The normalized spacial score (nSPS) is 22.1. The quantitative estimate of drug-likeness (QED) is 0.207. The van der Waals surface area contributed by atoms with E-state index in [1.165, 1.54) is 84.7 Å². The van der Waals surface area contributed by atoms with Crippen molar-refractivity contribution in [2.24, 2.45) is 0 Å². The molecule has 9 rings (SSSR count). The highest BCUT2D eigenvalue weighted by molar-refractivity contribution is 6.25. The Hall–Kier alpha value is -4.43. The standard InChI is InChI=1S/C39H32N2/c1-38-21-5-6-22-39(38,2)41(37-31-11-4-3-8-25(31)20-23-40-37)34-19-16-29(24-33(34)38)30-17-14-28-13-12-26-9-7-10-27-15-18-32(30)36(28)35(26)27/h3-4,7-20,23-24H,5-6,21-22H2,1-2H3. The fourth-order valence-electron chi connectivity index (χ4n) is 8.50. The van der Waals surface area contributed by atoms with Crippen molar-refractivity contribution in [3.63, 3.8) is 0 Å². The Morgan fingerprint density at radius 2 is 1.37 bits per heavy atom. The number of hydrogen-bond acceptors (Lipinski definition) is 2. The van der Waals surface area contributed by atoms with Crippen molar-refractivity contribution >= 4 is 54.6 Å². The van der Waals surface area contributed by atoms with Crippen LogP contribution in [0.1, 0.15) is 45.1 Å². The van der Waals surface area contributed by atoms with Gasteiger partial charge in [0.05, 0.1) is 5.54 Å². The summed E-state index contributed by atoms with van der Waals surface area (Å²) >= 11 is 0. The summed E-state index contributed by atoms with van der Waals surface area (Å²) < 4.78 is 0. The number of fused-ring (bicyclic) bond motifs is 4. The van der Waals surface area contributed by atoms with Crippen LogP contribution in [0.2, 0.25) is 0 Å². The first-order chi connectivity index (χ1) is 20.1. The van der Waals surface area contributed by atoms with E-state index in [4.69, 9.17) is 4.98 Å². The first kappa shape index (κ1) is 23.3. The van der Waals surface area contributed by atoms with Crippen LogP contribution in [-0.2, 0) is 5.41 Å². The highest BCUT2D eigenvalue weighted by Crippen LogP contribution is 2.61. The minimum Gasteiger partial charge on any atom is -0.319 e. The highest BCUT2D eigenvalue weighted by Gasteiger charge is 2.58. The fraction of sp³-hybridized carbons (Fsp3) is 0.205. The summed E-state index contributed by atoms with van der Waals surface area (Å²) in [6, 6.07) is 38.6. The summed E-state index contributed by atoms with van der Waals surface area (Å²) in [5, 5.41) is 10.5. The molecule has 0 saturated heterocycles. The molecule has 1 aromatic heterocycles. The first-order valence-corrected chi connectivity index (χ1v) is 15.0. The molecule has 198 valence electrons. The minimum atomic E-state index is -0.0357. The van der Waals surface area contributed by atoms with Crippen LogP contribution in [0.25, 0.3) is 54.2 Å². The Morgan fingerprint density at radius 1 is 0.634 bits per heavy atom. The number of benzene rings is 6. The van der Waals surface area contributed by atoms with Gasteiger partial charge in [-0.05, 0) is 92.4 Å². The summed E-state index contributed by atoms with van der Waals surface area (Å²) in [7, 11) is 0. The lowest BCUT2D eigenvalue weighted by molar-refractivity contribution is 0.194.